The van der Waals surface area contributed by atoms with E-state index in [9.17, 15) is 14.4 Å². The van der Waals surface area contributed by atoms with E-state index < -0.39 is 11.9 Å². The number of amides is 2. The molecule has 1 aromatic rings. The van der Waals surface area contributed by atoms with Gasteiger partial charge in [-0.1, -0.05) is 45.7 Å². The lowest BCUT2D eigenvalue weighted by atomic mass is 9.87. The molecule has 2 fully saturated rings. The van der Waals surface area contributed by atoms with Crippen molar-refractivity contribution in [2.24, 2.45) is 5.92 Å². The van der Waals surface area contributed by atoms with E-state index in [2.05, 4.69) is 26.1 Å². The lowest BCUT2D eigenvalue weighted by molar-refractivity contribution is -0.151. The number of anilines is 1. The summed E-state index contributed by atoms with van der Waals surface area (Å²) in [6, 6.07) is 7.90. The Kier molecular flexibility index (Phi) is 6.06. The normalized spacial score (nSPS) is 20.5. The molecule has 2 aliphatic rings. The van der Waals surface area contributed by atoms with Crippen LogP contribution in [0.4, 0.5) is 5.69 Å². The van der Waals surface area contributed by atoms with E-state index in [1.54, 1.807) is 0 Å². The maximum Gasteiger partial charge on any atom is 0.311 e. The second kappa shape index (κ2) is 8.33. The summed E-state index contributed by atoms with van der Waals surface area (Å²) in [6.07, 6.45) is 4.50. The zero-order valence-corrected chi connectivity index (χ0v) is 17.0. The standard InChI is InChI=1S/C22H30N2O4/c1-22(2,3)16-8-10-17(11-9-16)23-19(25)14-28-21(27)15-12-20(26)24(13-15)18-6-4-5-7-18/h8-11,15,18H,4-7,12-14H2,1-3H3,(H,23,25)/t15-/m1/s1. The summed E-state index contributed by atoms with van der Waals surface area (Å²) in [5, 5.41) is 2.74. The lowest BCUT2D eigenvalue weighted by Crippen LogP contribution is -2.35. The summed E-state index contributed by atoms with van der Waals surface area (Å²) in [5.74, 6) is -1.29. The first kappa shape index (κ1) is 20.4. The Morgan fingerprint density at radius 2 is 1.79 bits per heavy atom. The van der Waals surface area contributed by atoms with Crippen LogP contribution < -0.4 is 5.32 Å². The van der Waals surface area contributed by atoms with Gasteiger partial charge in [-0.2, -0.15) is 0 Å². The van der Waals surface area contributed by atoms with E-state index in [0.29, 0.717) is 12.2 Å². The second-order valence-electron chi connectivity index (χ2n) is 8.87. The maximum atomic E-state index is 12.3. The van der Waals surface area contributed by atoms with Crippen molar-refractivity contribution in [1.82, 2.24) is 4.90 Å². The van der Waals surface area contributed by atoms with E-state index in [-0.39, 0.29) is 36.3 Å². The van der Waals surface area contributed by atoms with E-state index in [0.717, 1.165) is 25.7 Å². The van der Waals surface area contributed by atoms with Crippen molar-refractivity contribution in [2.45, 2.75) is 64.3 Å². The number of carbonyl (C=O) groups excluding carboxylic acids is 3. The first-order valence-electron chi connectivity index (χ1n) is 10.1. The van der Waals surface area contributed by atoms with Gasteiger partial charge in [-0.05, 0) is 36.0 Å². The third-order valence-corrected chi connectivity index (χ3v) is 5.64. The number of nitrogens with one attached hydrogen (secondary N) is 1. The summed E-state index contributed by atoms with van der Waals surface area (Å²) in [7, 11) is 0. The maximum absolute atomic E-state index is 12.3. The summed E-state index contributed by atoms with van der Waals surface area (Å²) < 4.78 is 5.17. The molecule has 1 saturated heterocycles. The Hall–Kier alpha value is -2.37. The van der Waals surface area contributed by atoms with E-state index >= 15 is 0 Å². The smallest absolute Gasteiger partial charge is 0.311 e. The first-order chi connectivity index (χ1) is 13.2. The minimum atomic E-state index is -0.466. The monoisotopic (exact) mass is 386 g/mol. The van der Waals surface area contributed by atoms with Gasteiger partial charge in [0.25, 0.3) is 5.91 Å². The summed E-state index contributed by atoms with van der Waals surface area (Å²) in [5.41, 5.74) is 1.88. The van der Waals surface area contributed by atoms with Crippen molar-refractivity contribution in [2.75, 3.05) is 18.5 Å². The largest absolute Gasteiger partial charge is 0.455 e. The molecule has 152 valence electrons. The van der Waals surface area contributed by atoms with Gasteiger partial charge in [0.1, 0.15) is 0 Å². The quantitative estimate of drug-likeness (QED) is 0.788. The van der Waals surface area contributed by atoms with Gasteiger partial charge in [0, 0.05) is 24.7 Å². The van der Waals surface area contributed by atoms with Crippen LogP contribution in [0.25, 0.3) is 0 Å². The van der Waals surface area contributed by atoms with E-state index in [1.165, 1.54) is 5.56 Å². The molecule has 1 aromatic carbocycles. The predicted molar refractivity (Wildman–Crippen MR) is 107 cm³/mol. The fourth-order valence-electron chi connectivity index (χ4n) is 3.96. The average Bonchev–Trinajstić information content (AvgIpc) is 3.28. The zero-order valence-electron chi connectivity index (χ0n) is 17.0. The van der Waals surface area contributed by atoms with Gasteiger partial charge in [-0.15, -0.1) is 0 Å². The minimum Gasteiger partial charge on any atom is -0.455 e. The molecule has 3 rings (SSSR count). The van der Waals surface area contributed by atoms with Gasteiger partial charge in [-0.3, -0.25) is 14.4 Å². The SMILES string of the molecule is CC(C)(C)c1ccc(NC(=O)COC(=O)[C@@H]2CC(=O)N(C3CCCC3)C2)cc1. The Morgan fingerprint density at radius 3 is 2.39 bits per heavy atom. The van der Waals surface area contributed by atoms with Gasteiger partial charge >= 0.3 is 5.97 Å². The zero-order chi connectivity index (χ0) is 20.3. The summed E-state index contributed by atoms with van der Waals surface area (Å²) >= 11 is 0. The number of nitrogens with zero attached hydrogens (tertiary/aromatic N) is 1. The first-order valence-corrected chi connectivity index (χ1v) is 10.1. The fourth-order valence-corrected chi connectivity index (χ4v) is 3.96. The van der Waals surface area contributed by atoms with Crippen LogP contribution in [0.2, 0.25) is 0 Å². The van der Waals surface area contributed by atoms with Crippen molar-refractivity contribution in [3.8, 4) is 0 Å². The molecule has 1 saturated carbocycles. The number of ether oxygens (including phenoxy) is 1. The van der Waals surface area contributed by atoms with Crippen LogP contribution in [-0.2, 0) is 24.5 Å². The van der Waals surface area contributed by atoms with Crippen molar-refractivity contribution in [3.63, 3.8) is 0 Å². The average molecular weight is 386 g/mol. The predicted octanol–water partition coefficient (Wildman–Crippen LogP) is 3.26. The molecule has 0 bridgehead atoms. The van der Waals surface area contributed by atoms with E-state index in [4.69, 9.17) is 4.74 Å². The van der Waals surface area contributed by atoms with Crippen LogP contribution >= 0.6 is 0 Å². The molecular formula is C22H30N2O4. The van der Waals surface area contributed by atoms with Crippen molar-refractivity contribution in [1.29, 1.82) is 0 Å². The molecule has 1 N–H and O–H groups in total. The number of esters is 1. The molecule has 28 heavy (non-hydrogen) atoms. The molecule has 1 atom stereocenters. The molecule has 2 amide bonds. The molecule has 6 heteroatoms. The third kappa shape index (κ3) is 4.91. The van der Waals surface area contributed by atoms with Gasteiger partial charge in [0.15, 0.2) is 6.61 Å². The van der Waals surface area contributed by atoms with Crippen molar-refractivity contribution in [3.05, 3.63) is 29.8 Å². The van der Waals surface area contributed by atoms with Crippen molar-refractivity contribution < 1.29 is 19.1 Å². The molecule has 1 aliphatic carbocycles. The number of likely N-dealkylation sites (tertiary alicyclic amines) is 1. The van der Waals surface area contributed by atoms with Gasteiger partial charge in [0.2, 0.25) is 5.91 Å². The molecule has 0 radical (unpaired) electrons. The van der Waals surface area contributed by atoms with E-state index in [1.807, 2.05) is 29.2 Å². The van der Waals surface area contributed by atoms with Crippen LogP contribution in [0.1, 0.15) is 58.4 Å². The Labute approximate surface area is 166 Å². The van der Waals surface area contributed by atoms with Crippen molar-refractivity contribution >= 4 is 23.5 Å². The van der Waals surface area contributed by atoms with Gasteiger partial charge < -0.3 is 15.0 Å². The molecular weight excluding hydrogens is 356 g/mol. The molecule has 6 nitrogen and oxygen atoms in total. The fraction of sp³-hybridized carbons (Fsp3) is 0.591. The summed E-state index contributed by atoms with van der Waals surface area (Å²) in [6.45, 7) is 6.46. The molecule has 1 aliphatic heterocycles. The van der Waals surface area contributed by atoms with Gasteiger partial charge in [0.05, 0.1) is 5.92 Å². The highest BCUT2D eigenvalue weighted by atomic mass is 16.5. The van der Waals surface area contributed by atoms with Crippen LogP contribution in [-0.4, -0.2) is 41.9 Å². The van der Waals surface area contributed by atoms with Crippen LogP contribution in [0.3, 0.4) is 0 Å². The van der Waals surface area contributed by atoms with Gasteiger partial charge in [-0.25, -0.2) is 0 Å². The number of rotatable bonds is 5. The van der Waals surface area contributed by atoms with Crippen LogP contribution in [0, 0.1) is 5.92 Å². The Bertz CT molecular complexity index is 730. The van der Waals surface area contributed by atoms with Crippen LogP contribution in [0.5, 0.6) is 0 Å². The highest BCUT2D eigenvalue weighted by molar-refractivity contribution is 5.93. The lowest BCUT2D eigenvalue weighted by Gasteiger charge is -2.23. The minimum absolute atomic E-state index is 0.0252. The van der Waals surface area contributed by atoms with Crippen LogP contribution in [0.15, 0.2) is 24.3 Å². The Morgan fingerprint density at radius 1 is 1.14 bits per heavy atom. The summed E-state index contributed by atoms with van der Waals surface area (Å²) in [4.78, 5) is 38.4. The molecule has 0 spiro atoms. The highest BCUT2D eigenvalue weighted by Crippen LogP contribution is 2.30. The second-order valence-corrected chi connectivity index (χ2v) is 8.87. The molecule has 1 heterocycles. The highest BCUT2D eigenvalue weighted by Gasteiger charge is 2.39. The third-order valence-electron chi connectivity index (χ3n) is 5.64. The molecule has 0 unspecified atom stereocenters. The Balaban J connectivity index is 1.45. The number of hydrogen-bond donors (Lipinski definition) is 1. The topological polar surface area (TPSA) is 75.7 Å². The molecule has 0 aromatic heterocycles. The number of carbonyl (C=O) groups is 3. The number of hydrogen-bond acceptors (Lipinski definition) is 4. The number of benzene rings is 1.